The van der Waals surface area contributed by atoms with Crippen LogP contribution in [0.5, 0.6) is 0 Å². The number of ether oxygens (including phenoxy) is 1. The monoisotopic (exact) mass is 482 g/mol. The Morgan fingerprint density at radius 3 is 2.29 bits per heavy atom. The number of Topliss-reactive ketones (excluding diaryl/α,β-unsaturated/α-hetero) is 1. The predicted molar refractivity (Wildman–Crippen MR) is 135 cm³/mol. The van der Waals surface area contributed by atoms with Gasteiger partial charge in [0.2, 0.25) is 5.91 Å². The van der Waals surface area contributed by atoms with Crippen molar-refractivity contribution in [1.29, 1.82) is 0 Å². The number of hydrogen-bond donors (Lipinski definition) is 1. The molecule has 1 aromatic carbocycles. The Balaban J connectivity index is 2.05. The largest absolute Gasteiger partial charge is 0.444 e. The number of benzene rings is 1. The molecule has 1 N–H and O–H groups in total. The van der Waals surface area contributed by atoms with Crippen LogP contribution in [0, 0.1) is 11.3 Å². The zero-order chi connectivity index (χ0) is 26.0. The normalized spacial score (nSPS) is 15.1. The molecule has 3 rings (SSSR count). The maximum absolute atomic E-state index is 13.7. The number of ketones is 1. The van der Waals surface area contributed by atoms with E-state index in [2.05, 4.69) is 5.32 Å². The van der Waals surface area contributed by atoms with Crippen molar-refractivity contribution in [2.45, 2.75) is 73.1 Å². The number of carbonyl (C=O) groups is 3. The van der Waals surface area contributed by atoms with E-state index in [1.807, 2.05) is 76.4 Å². The molecule has 35 heavy (non-hydrogen) atoms. The number of fused-ring (bicyclic) bond motifs is 1. The molecular weight excluding hydrogens is 444 g/mol. The molecule has 0 unspecified atom stereocenters. The second-order valence-corrected chi connectivity index (χ2v) is 11.2. The van der Waals surface area contributed by atoms with E-state index < -0.39 is 23.0 Å². The first-order chi connectivity index (χ1) is 16.3. The van der Waals surface area contributed by atoms with Crippen molar-refractivity contribution in [2.75, 3.05) is 13.6 Å². The Morgan fingerprint density at radius 2 is 1.71 bits per heavy atom. The summed E-state index contributed by atoms with van der Waals surface area (Å²) in [5.74, 6) is -0.187. The minimum Gasteiger partial charge on any atom is -0.444 e. The van der Waals surface area contributed by atoms with Gasteiger partial charge in [-0.05, 0) is 32.6 Å². The molecular formula is C27H38N4O4. The molecule has 0 aliphatic carbocycles. The number of rotatable bonds is 5. The van der Waals surface area contributed by atoms with Crippen molar-refractivity contribution >= 4 is 17.8 Å². The number of carbonyl (C=O) groups excluding carboxylic acids is 3. The van der Waals surface area contributed by atoms with Crippen LogP contribution in [0.15, 0.2) is 30.3 Å². The Morgan fingerprint density at radius 1 is 1.06 bits per heavy atom. The van der Waals surface area contributed by atoms with Gasteiger partial charge in [-0.15, -0.1) is 0 Å². The third kappa shape index (κ3) is 6.29. The summed E-state index contributed by atoms with van der Waals surface area (Å²) in [4.78, 5) is 45.6. The zero-order valence-corrected chi connectivity index (χ0v) is 22.0. The lowest BCUT2D eigenvalue weighted by Gasteiger charge is -2.28. The average Bonchev–Trinajstić information content (AvgIpc) is 2.98. The third-order valence-corrected chi connectivity index (χ3v) is 6.17. The summed E-state index contributed by atoms with van der Waals surface area (Å²) < 4.78 is 7.65. The molecule has 0 saturated heterocycles. The van der Waals surface area contributed by atoms with E-state index in [1.54, 1.807) is 11.9 Å². The quantitative estimate of drug-likeness (QED) is 0.625. The molecule has 8 nitrogen and oxygen atoms in total. The van der Waals surface area contributed by atoms with E-state index in [1.165, 1.54) is 0 Å². The highest BCUT2D eigenvalue weighted by Crippen LogP contribution is 2.33. The number of nitrogens with zero attached hydrogens (tertiary/aromatic N) is 3. The van der Waals surface area contributed by atoms with Crippen LogP contribution in [0.4, 0.5) is 4.79 Å². The topological polar surface area (TPSA) is 93.5 Å². The van der Waals surface area contributed by atoms with Gasteiger partial charge in [0.25, 0.3) is 0 Å². The molecule has 1 atom stereocenters. The molecule has 1 aliphatic rings. The number of nitrogens with one attached hydrogen (secondary N) is 1. The zero-order valence-electron chi connectivity index (χ0n) is 22.0. The SMILES string of the molecule is CNC(=O)[C@@H](CC(=O)c1nc(-c2ccccc2)n2c1CN(C(=O)OC(C)(C)C)CCC2)C(C)(C)C. The van der Waals surface area contributed by atoms with Crippen molar-refractivity contribution in [3.8, 4) is 11.4 Å². The second-order valence-electron chi connectivity index (χ2n) is 11.2. The van der Waals surface area contributed by atoms with E-state index in [-0.39, 0.29) is 24.7 Å². The number of aromatic nitrogens is 2. The maximum atomic E-state index is 13.7. The van der Waals surface area contributed by atoms with Crippen LogP contribution < -0.4 is 5.32 Å². The van der Waals surface area contributed by atoms with Gasteiger partial charge in [-0.2, -0.15) is 0 Å². The molecule has 0 bridgehead atoms. The fourth-order valence-electron chi connectivity index (χ4n) is 4.33. The van der Waals surface area contributed by atoms with Crippen LogP contribution >= 0.6 is 0 Å². The van der Waals surface area contributed by atoms with Gasteiger partial charge in [0.1, 0.15) is 17.1 Å². The van der Waals surface area contributed by atoms with Gasteiger partial charge in [-0.25, -0.2) is 9.78 Å². The fraction of sp³-hybridized carbons (Fsp3) is 0.556. The lowest BCUT2D eigenvalue weighted by atomic mass is 9.77. The third-order valence-electron chi connectivity index (χ3n) is 6.17. The first-order valence-corrected chi connectivity index (χ1v) is 12.2. The van der Waals surface area contributed by atoms with Crippen molar-refractivity contribution < 1.29 is 19.1 Å². The van der Waals surface area contributed by atoms with Crippen LogP contribution in [0.3, 0.4) is 0 Å². The number of hydrogen-bond acceptors (Lipinski definition) is 5. The summed E-state index contributed by atoms with van der Waals surface area (Å²) in [5, 5.41) is 2.69. The molecule has 0 saturated carbocycles. The summed E-state index contributed by atoms with van der Waals surface area (Å²) in [6.45, 7) is 12.7. The van der Waals surface area contributed by atoms with Crippen LogP contribution in [0.2, 0.25) is 0 Å². The van der Waals surface area contributed by atoms with E-state index in [9.17, 15) is 14.4 Å². The summed E-state index contributed by atoms with van der Waals surface area (Å²) in [5.41, 5.74) is 0.874. The average molecular weight is 483 g/mol. The maximum Gasteiger partial charge on any atom is 0.410 e. The smallest absolute Gasteiger partial charge is 0.410 e. The standard InChI is InChI=1S/C27H38N4O4/c1-26(2,3)19(24(33)28-7)16-21(32)22-20-17-30(25(34)35-27(4,5)6)14-11-15-31(20)23(29-22)18-12-9-8-10-13-18/h8-10,12-13,19H,11,14-17H2,1-7H3,(H,28,33)/t19-/m1/s1. The predicted octanol–water partition coefficient (Wildman–Crippen LogP) is 4.67. The van der Waals surface area contributed by atoms with Crippen molar-refractivity contribution in [1.82, 2.24) is 19.8 Å². The Hall–Kier alpha value is -3.16. The van der Waals surface area contributed by atoms with E-state index >= 15 is 0 Å². The first-order valence-electron chi connectivity index (χ1n) is 12.2. The van der Waals surface area contributed by atoms with Crippen LogP contribution in [0.1, 0.15) is 70.6 Å². The lowest BCUT2D eigenvalue weighted by Crippen LogP contribution is -2.38. The molecule has 0 fully saturated rings. The molecule has 1 aliphatic heterocycles. The molecule has 190 valence electrons. The summed E-state index contributed by atoms with van der Waals surface area (Å²) in [7, 11) is 1.58. The molecule has 2 amide bonds. The van der Waals surface area contributed by atoms with Gasteiger partial charge < -0.3 is 19.5 Å². The minimum atomic E-state index is -0.620. The molecule has 0 radical (unpaired) electrons. The van der Waals surface area contributed by atoms with Gasteiger partial charge in [0.15, 0.2) is 5.78 Å². The van der Waals surface area contributed by atoms with E-state index in [4.69, 9.17) is 9.72 Å². The van der Waals surface area contributed by atoms with E-state index in [0.29, 0.717) is 36.7 Å². The van der Waals surface area contributed by atoms with E-state index in [0.717, 1.165) is 5.56 Å². The molecule has 8 heteroatoms. The summed E-state index contributed by atoms with van der Waals surface area (Å²) in [6, 6.07) is 9.72. The van der Waals surface area contributed by atoms with Gasteiger partial charge in [0, 0.05) is 32.1 Å². The van der Waals surface area contributed by atoms with Crippen molar-refractivity contribution in [3.05, 3.63) is 41.7 Å². The summed E-state index contributed by atoms with van der Waals surface area (Å²) in [6.07, 6.45) is 0.331. The lowest BCUT2D eigenvalue weighted by molar-refractivity contribution is -0.127. The number of imidazole rings is 1. The summed E-state index contributed by atoms with van der Waals surface area (Å²) >= 11 is 0. The fourth-order valence-corrected chi connectivity index (χ4v) is 4.33. The van der Waals surface area contributed by atoms with Crippen molar-refractivity contribution in [2.24, 2.45) is 11.3 Å². The van der Waals surface area contributed by atoms with Crippen LogP contribution in [0.25, 0.3) is 11.4 Å². The molecule has 1 aromatic heterocycles. The highest BCUT2D eigenvalue weighted by Gasteiger charge is 2.36. The van der Waals surface area contributed by atoms with Crippen LogP contribution in [-0.2, 0) is 22.6 Å². The van der Waals surface area contributed by atoms with Gasteiger partial charge in [-0.3, -0.25) is 9.59 Å². The molecule has 2 heterocycles. The Labute approximate surface area is 208 Å². The molecule has 0 spiro atoms. The minimum absolute atomic E-state index is 0.0356. The van der Waals surface area contributed by atoms with Gasteiger partial charge in [-0.1, -0.05) is 51.1 Å². The number of amides is 2. The Bertz CT molecular complexity index is 1080. The highest BCUT2D eigenvalue weighted by molar-refractivity contribution is 5.99. The highest BCUT2D eigenvalue weighted by atomic mass is 16.6. The van der Waals surface area contributed by atoms with Gasteiger partial charge in [0.05, 0.1) is 18.2 Å². The Kier molecular flexibility index (Phi) is 7.72. The van der Waals surface area contributed by atoms with Crippen LogP contribution in [-0.4, -0.2) is 51.4 Å². The second kappa shape index (κ2) is 10.2. The molecule has 2 aromatic rings. The first kappa shape index (κ1) is 26.4. The van der Waals surface area contributed by atoms with Gasteiger partial charge >= 0.3 is 6.09 Å². The van der Waals surface area contributed by atoms with Crippen molar-refractivity contribution in [3.63, 3.8) is 0 Å².